The molecule has 1 aromatic carbocycles. The molecule has 0 aliphatic carbocycles. The van der Waals surface area contributed by atoms with Gasteiger partial charge < -0.3 is 10.2 Å². The molecule has 0 saturated carbocycles. The first-order chi connectivity index (χ1) is 13.4. The van der Waals surface area contributed by atoms with Crippen molar-refractivity contribution < 1.29 is 4.79 Å². The van der Waals surface area contributed by atoms with Crippen LogP contribution in [-0.2, 0) is 6.42 Å². The van der Waals surface area contributed by atoms with Crippen molar-refractivity contribution in [2.45, 2.75) is 26.3 Å². The van der Waals surface area contributed by atoms with Gasteiger partial charge in [-0.2, -0.15) is 0 Å². The first-order valence-corrected chi connectivity index (χ1v) is 9.25. The standard InChI is InChI=1S/C22H25N5O/c1-15-7-5-10-19(25-15)11-16(2)26-22(28)18-9-6-8-17(12-18)20-13-21(27(3)4)24-14-23-20/h5-10,12-14,16H,11H2,1-4H3,(H,26,28). The molecule has 0 bridgehead atoms. The van der Waals surface area contributed by atoms with Gasteiger partial charge in [0.25, 0.3) is 5.91 Å². The molecule has 0 radical (unpaired) electrons. The Labute approximate surface area is 165 Å². The summed E-state index contributed by atoms with van der Waals surface area (Å²) in [5.74, 6) is 0.711. The lowest BCUT2D eigenvalue weighted by Gasteiger charge is -2.15. The molecule has 2 aromatic heterocycles. The Bertz CT molecular complexity index is 970. The molecule has 3 rings (SSSR count). The molecule has 144 valence electrons. The van der Waals surface area contributed by atoms with Gasteiger partial charge in [0.1, 0.15) is 12.1 Å². The number of hydrogen-bond donors (Lipinski definition) is 1. The zero-order valence-corrected chi connectivity index (χ0v) is 16.7. The minimum absolute atomic E-state index is 0.0233. The number of rotatable bonds is 6. The van der Waals surface area contributed by atoms with Crippen LogP contribution in [0.4, 0.5) is 5.82 Å². The highest BCUT2D eigenvalue weighted by Crippen LogP contribution is 2.21. The van der Waals surface area contributed by atoms with E-state index in [1.807, 2.05) is 81.4 Å². The average Bonchev–Trinajstić information content (AvgIpc) is 2.68. The lowest BCUT2D eigenvalue weighted by molar-refractivity contribution is 0.0940. The Balaban J connectivity index is 1.72. The summed E-state index contributed by atoms with van der Waals surface area (Å²) in [5, 5.41) is 3.05. The third kappa shape index (κ3) is 4.91. The fourth-order valence-corrected chi connectivity index (χ4v) is 2.95. The molecule has 1 N–H and O–H groups in total. The van der Waals surface area contributed by atoms with Crippen LogP contribution in [0.1, 0.15) is 28.7 Å². The van der Waals surface area contributed by atoms with Crippen LogP contribution in [0.5, 0.6) is 0 Å². The number of anilines is 1. The lowest BCUT2D eigenvalue weighted by atomic mass is 10.1. The predicted molar refractivity (Wildman–Crippen MR) is 111 cm³/mol. The monoisotopic (exact) mass is 375 g/mol. The van der Waals surface area contributed by atoms with E-state index < -0.39 is 0 Å². The molecule has 1 amide bonds. The van der Waals surface area contributed by atoms with Crippen LogP contribution >= 0.6 is 0 Å². The highest BCUT2D eigenvalue weighted by molar-refractivity contribution is 5.95. The molecule has 6 nitrogen and oxygen atoms in total. The number of aryl methyl sites for hydroxylation is 1. The van der Waals surface area contributed by atoms with Crippen LogP contribution < -0.4 is 10.2 Å². The molecule has 1 atom stereocenters. The van der Waals surface area contributed by atoms with E-state index in [2.05, 4.69) is 20.3 Å². The van der Waals surface area contributed by atoms with E-state index in [0.29, 0.717) is 12.0 Å². The third-order valence-electron chi connectivity index (χ3n) is 4.37. The van der Waals surface area contributed by atoms with Gasteiger partial charge in [-0.15, -0.1) is 0 Å². The first-order valence-electron chi connectivity index (χ1n) is 9.25. The molecule has 0 saturated heterocycles. The number of carbonyl (C=O) groups excluding carboxylic acids is 1. The van der Waals surface area contributed by atoms with Crippen LogP contribution in [0.3, 0.4) is 0 Å². The molecule has 0 aliphatic heterocycles. The predicted octanol–water partition coefficient (Wildman–Crippen LogP) is 3.27. The molecule has 0 aliphatic rings. The second-order valence-corrected chi connectivity index (χ2v) is 7.09. The topological polar surface area (TPSA) is 71.0 Å². The minimum Gasteiger partial charge on any atom is -0.363 e. The normalized spacial score (nSPS) is 11.7. The summed E-state index contributed by atoms with van der Waals surface area (Å²) in [5.41, 5.74) is 4.22. The molecule has 0 spiro atoms. The summed E-state index contributed by atoms with van der Waals surface area (Å²) >= 11 is 0. The Morgan fingerprint density at radius 2 is 1.89 bits per heavy atom. The van der Waals surface area contributed by atoms with Crippen molar-refractivity contribution in [2.24, 2.45) is 0 Å². The van der Waals surface area contributed by atoms with Gasteiger partial charge in [0.15, 0.2) is 0 Å². The Morgan fingerprint density at radius 3 is 2.64 bits per heavy atom. The molecular formula is C22H25N5O. The van der Waals surface area contributed by atoms with Crippen LogP contribution in [0.15, 0.2) is 54.9 Å². The van der Waals surface area contributed by atoms with Gasteiger partial charge in [-0.3, -0.25) is 9.78 Å². The van der Waals surface area contributed by atoms with Gasteiger partial charge in [0, 0.05) is 55.1 Å². The van der Waals surface area contributed by atoms with Crippen LogP contribution in [0.2, 0.25) is 0 Å². The summed E-state index contributed by atoms with van der Waals surface area (Å²) < 4.78 is 0. The number of benzene rings is 1. The number of pyridine rings is 1. The van der Waals surface area contributed by atoms with Crippen molar-refractivity contribution in [1.29, 1.82) is 0 Å². The van der Waals surface area contributed by atoms with E-state index in [1.165, 1.54) is 6.33 Å². The first kappa shape index (κ1) is 19.5. The molecule has 3 aromatic rings. The van der Waals surface area contributed by atoms with Crippen molar-refractivity contribution in [3.63, 3.8) is 0 Å². The Hall–Kier alpha value is -3.28. The van der Waals surface area contributed by atoms with E-state index in [-0.39, 0.29) is 11.9 Å². The molecule has 28 heavy (non-hydrogen) atoms. The average molecular weight is 375 g/mol. The van der Waals surface area contributed by atoms with Gasteiger partial charge in [-0.05, 0) is 38.1 Å². The maximum Gasteiger partial charge on any atom is 0.251 e. The van der Waals surface area contributed by atoms with E-state index in [1.54, 1.807) is 0 Å². The number of hydrogen-bond acceptors (Lipinski definition) is 5. The van der Waals surface area contributed by atoms with Crippen LogP contribution in [-0.4, -0.2) is 41.0 Å². The van der Waals surface area contributed by atoms with Gasteiger partial charge in [0.2, 0.25) is 0 Å². The van der Waals surface area contributed by atoms with Gasteiger partial charge in [-0.1, -0.05) is 18.2 Å². The van der Waals surface area contributed by atoms with Crippen LogP contribution in [0.25, 0.3) is 11.3 Å². The second kappa shape index (κ2) is 8.61. The van der Waals surface area contributed by atoms with Gasteiger partial charge in [-0.25, -0.2) is 9.97 Å². The fourth-order valence-electron chi connectivity index (χ4n) is 2.95. The summed E-state index contributed by atoms with van der Waals surface area (Å²) in [4.78, 5) is 27.7. The largest absolute Gasteiger partial charge is 0.363 e. The Morgan fingerprint density at radius 1 is 1.11 bits per heavy atom. The van der Waals surface area contributed by atoms with E-state index in [4.69, 9.17) is 0 Å². The van der Waals surface area contributed by atoms with Gasteiger partial charge in [0.05, 0.1) is 5.69 Å². The molecule has 0 fully saturated rings. The molecule has 2 heterocycles. The number of carbonyl (C=O) groups is 1. The summed E-state index contributed by atoms with van der Waals surface area (Å²) in [6.45, 7) is 3.95. The maximum absolute atomic E-state index is 12.7. The maximum atomic E-state index is 12.7. The smallest absolute Gasteiger partial charge is 0.251 e. The number of nitrogens with zero attached hydrogens (tertiary/aromatic N) is 4. The van der Waals surface area contributed by atoms with Crippen molar-refractivity contribution in [2.75, 3.05) is 19.0 Å². The molecular weight excluding hydrogens is 350 g/mol. The number of aromatic nitrogens is 3. The van der Waals surface area contributed by atoms with Crippen molar-refractivity contribution in [3.8, 4) is 11.3 Å². The highest BCUT2D eigenvalue weighted by Gasteiger charge is 2.13. The minimum atomic E-state index is -0.108. The van der Waals surface area contributed by atoms with E-state index >= 15 is 0 Å². The van der Waals surface area contributed by atoms with Crippen molar-refractivity contribution in [3.05, 3.63) is 71.8 Å². The second-order valence-electron chi connectivity index (χ2n) is 7.09. The van der Waals surface area contributed by atoms with Crippen molar-refractivity contribution in [1.82, 2.24) is 20.3 Å². The van der Waals surface area contributed by atoms with E-state index in [9.17, 15) is 4.79 Å². The van der Waals surface area contributed by atoms with Gasteiger partial charge >= 0.3 is 0 Å². The Kier molecular flexibility index (Phi) is 5.99. The molecule has 6 heteroatoms. The third-order valence-corrected chi connectivity index (χ3v) is 4.37. The SMILES string of the molecule is Cc1cccc(CC(C)NC(=O)c2cccc(-c3cc(N(C)C)ncn3)c2)n1. The van der Waals surface area contributed by atoms with E-state index in [0.717, 1.165) is 28.5 Å². The number of nitrogens with one attached hydrogen (secondary N) is 1. The highest BCUT2D eigenvalue weighted by atomic mass is 16.1. The summed E-state index contributed by atoms with van der Waals surface area (Å²) in [6, 6.07) is 15.3. The summed E-state index contributed by atoms with van der Waals surface area (Å²) in [6.07, 6.45) is 2.22. The fraction of sp³-hybridized carbons (Fsp3) is 0.273. The zero-order chi connectivity index (χ0) is 20.1. The molecule has 1 unspecified atom stereocenters. The zero-order valence-electron chi connectivity index (χ0n) is 16.7. The quantitative estimate of drug-likeness (QED) is 0.716. The lowest BCUT2D eigenvalue weighted by Crippen LogP contribution is -2.34. The van der Waals surface area contributed by atoms with Crippen LogP contribution in [0, 0.1) is 6.92 Å². The van der Waals surface area contributed by atoms with Crippen molar-refractivity contribution >= 4 is 11.7 Å². The summed E-state index contributed by atoms with van der Waals surface area (Å²) in [7, 11) is 3.86. The number of amides is 1.